The Balaban J connectivity index is 1.69. The number of nitrogens with one attached hydrogen (secondary N) is 1. The average molecular weight is 371 g/mol. The molecule has 0 atom stereocenters. The molecule has 1 aromatic carbocycles. The largest absolute Gasteiger partial charge is 0.471 e. The fraction of sp³-hybridized carbons (Fsp3) is 0.222. The van der Waals surface area contributed by atoms with Crippen LogP contribution in [0.4, 0.5) is 4.39 Å². The molecule has 0 spiro atoms. The first kappa shape index (κ1) is 18.5. The molecule has 0 aliphatic carbocycles. The van der Waals surface area contributed by atoms with Crippen molar-refractivity contribution in [3.63, 3.8) is 0 Å². The van der Waals surface area contributed by atoms with E-state index in [0.717, 1.165) is 5.56 Å². The van der Waals surface area contributed by atoms with Gasteiger partial charge in [-0.15, -0.1) is 5.10 Å². The first-order chi connectivity index (χ1) is 13.1. The molecule has 9 heteroatoms. The van der Waals surface area contributed by atoms with E-state index in [0.29, 0.717) is 22.8 Å². The van der Waals surface area contributed by atoms with Crippen LogP contribution >= 0.6 is 0 Å². The van der Waals surface area contributed by atoms with E-state index in [9.17, 15) is 9.18 Å². The summed E-state index contributed by atoms with van der Waals surface area (Å²) in [6, 6.07) is 9.13. The number of hydrogen-bond donors (Lipinski definition) is 2. The molecule has 0 saturated heterocycles. The van der Waals surface area contributed by atoms with Crippen LogP contribution in [-0.2, 0) is 13.7 Å². The van der Waals surface area contributed by atoms with Gasteiger partial charge >= 0.3 is 0 Å². The summed E-state index contributed by atoms with van der Waals surface area (Å²) >= 11 is 0. The van der Waals surface area contributed by atoms with Gasteiger partial charge in [0.2, 0.25) is 5.88 Å². The number of carbonyl (C=O) groups is 1. The van der Waals surface area contributed by atoms with E-state index in [1.807, 2.05) is 0 Å². The predicted octanol–water partition coefficient (Wildman–Crippen LogP) is 1.32. The summed E-state index contributed by atoms with van der Waals surface area (Å²) < 4.78 is 20.4. The Morgan fingerprint density at radius 2 is 2.04 bits per heavy atom. The summed E-state index contributed by atoms with van der Waals surface area (Å²) in [4.78, 5) is 15.9. The van der Waals surface area contributed by atoms with Crippen molar-refractivity contribution >= 4 is 5.91 Å². The maximum Gasteiger partial charge on any atom is 0.252 e. The molecule has 2 aromatic heterocycles. The molecule has 2 N–H and O–H groups in total. The quantitative estimate of drug-likeness (QED) is 0.649. The van der Waals surface area contributed by atoms with Crippen molar-refractivity contribution in [1.82, 2.24) is 25.3 Å². The van der Waals surface area contributed by atoms with E-state index in [4.69, 9.17) is 9.84 Å². The fourth-order valence-electron chi connectivity index (χ4n) is 2.38. The van der Waals surface area contributed by atoms with Crippen molar-refractivity contribution in [1.29, 1.82) is 0 Å². The van der Waals surface area contributed by atoms with Gasteiger partial charge in [0.15, 0.2) is 0 Å². The molecule has 0 aliphatic heterocycles. The molecule has 27 heavy (non-hydrogen) atoms. The number of carbonyl (C=O) groups excluding carboxylic acids is 1. The van der Waals surface area contributed by atoms with Crippen LogP contribution in [0.5, 0.6) is 5.88 Å². The molecule has 0 saturated carbocycles. The number of aliphatic hydroxyl groups excluding tert-OH is 1. The maximum absolute atomic E-state index is 13.1. The molecule has 0 fully saturated rings. The average Bonchev–Trinajstić information content (AvgIpc) is 3.06. The van der Waals surface area contributed by atoms with Gasteiger partial charge < -0.3 is 15.2 Å². The molecular weight excluding hydrogens is 353 g/mol. The van der Waals surface area contributed by atoms with Gasteiger partial charge in [0.1, 0.15) is 23.8 Å². The van der Waals surface area contributed by atoms with Crippen LogP contribution < -0.4 is 10.1 Å². The zero-order chi connectivity index (χ0) is 19.2. The minimum absolute atomic E-state index is 0.129. The molecule has 0 radical (unpaired) electrons. The summed E-state index contributed by atoms with van der Waals surface area (Å²) in [5.74, 6) is -0.315. The minimum atomic E-state index is -0.326. The number of halogens is 1. The van der Waals surface area contributed by atoms with Crippen molar-refractivity contribution in [2.24, 2.45) is 7.05 Å². The summed E-state index contributed by atoms with van der Waals surface area (Å²) in [5.41, 5.74) is 2.39. The van der Waals surface area contributed by atoms with Gasteiger partial charge in [-0.25, -0.2) is 14.1 Å². The second kappa shape index (κ2) is 8.37. The van der Waals surface area contributed by atoms with Crippen molar-refractivity contribution in [2.45, 2.75) is 6.61 Å². The number of aromatic nitrogens is 4. The molecule has 3 rings (SSSR count). The smallest absolute Gasteiger partial charge is 0.252 e. The normalized spacial score (nSPS) is 10.6. The lowest BCUT2D eigenvalue weighted by Gasteiger charge is -2.08. The van der Waals surface area contributed by atoms with Gasteiger partial charge in [-0.1, -0.05) is 5.21 Å². The predicted molar refractivity (Wildman–Crippen MR) is 94.4 cm³/mol. The second-order valence-corrected chi connectivity index (χ2v) is 5.67. The van der Waals surface area contributed by atoms with E-state index in [1.165, 1.54) is 18.3 Å². The van der Waals surface area contributed by atoms with Crippen LogP contribution in [0.3, 0.4) is 0 Å². The van der Waals surface area contributed by atoms with Gasteiger partial charge in [-0.3, -0.25) is 4.79 Å². The van der Waals surface area contributed by atoms with Gasteiger partial charge in [0.05, 0.1) is 12.2 Å². The molecule has 0 aliphatic rings. The Morgan fingerprint density at radius 1 is 1.26 bits per heavy atom. The highest BCUT2D eigenvalue weighted by atomic mass is 19.1. The molecule has 3 aromatic rings. The number of pyridine rings is 1. The maximum atomic E-state index is 13.1. The summed E-state index contributed by atoms with van der Waals surface area (Å²) in [5, 5.41) is 19.4. The summed E-state index contributed by atoms with van der Waals surface area (Å²) in [6.45, 7) is 0.200. The number of aliphatic hydroxyl groups is 1. The SMILES string of the molecule is Cn1nnc(-c2ccc(F)cc2)c1COc1ccc(C(=O)NCCO)cn1. The Hall–Kier alpha value is -3.33. The zero-order valence-corrected chi connectivity index (χ0v) is 14.6. The van der Waals surface area contributed by atoms with Gasteiger partial charge in [-0.2, -0.15) is 0 Å². The Bertz CT molecular complexity index is 910. The highest BCUT2D eigenvalue weighted by Gasteiger charge is 2.14. The standard InChI is InChI=1S/C18H18FN5O3/c1-24-15(17(22-23-24)12-2-5-14(19)6-3-12)11-27-16-7-4-13(10-21-16)18(26)20-8-9-25/h2-7,10,25H,8-9,11H2,1H3,(H,20,26). The number of aryl methyl sites for hydroxylation is 1. The monoisotopic (exact) mass is 371 g/mol. The molecule has 0 unspecified atom stereocenters. The minimum Gasteiger partial charge on any atom is -0.471 e. The lowest BCUT2D eigenvalue weighted by Crippen LogP contribution is -2.26. The van der Waals surface area contributed by atoms with E-state index in [1.54, 1.807) is 36.0 Å². The van der Waals surface area contributed by atoms with Crippen LogP contribution in [0.25, 0.3) is 11.3 Å². The Morgan fingerprint density at radius 3 is 2.70 bits per heavy atom. The molecule has 140 valence electrons. The number of benzene rings is 1. The second-order valence-electron chi connectivity index (χ2n) is 5.67. The third-order valence-corrected chi connectivity index (χ3v) is 3.81. The van der Waals surface area contributed by atoms with Crippen molar-refractivity contribution in [3.05, 3.63) is 59.7 Å². The number of ether oxygens (including phenoxy) is 1. The number of rotatable bonds is 7. The third-order valence-electron chi connectivity index (χ3n) is 3.81. The van der Waals surface area contributed by atoms with Crippen LogP contribution in [0.2, 0.25) is 0 Å². The van der Waals surface area contributed by atoms with Crippen molar-refractivity contribution < 1.29 is 19.0 Å². The van der Waals surface area contributed by atoms with Crippen molar-refractivity contribution in [2.75, 3.05) is 13.2 Å². The molecule has 0 bridgehead atoms. The van der Waals surface area contributed by atoms with Crippen LogP contribution in [-0.4, -0.2) is 44.1 Å². The Kier molecular flexibility index (Phi) is 5.72. The Labute approximate surface area is 154 Å². The van der Waals surface area contributed by atoms with Crippen LogP contribution in [0.15, 0.2) is 42.6 Å². The molecule has 1 amide bonds. The number of amides is 1. The molecular formula is C18H18FN5O3. The topological polar surface area (TPSA) is 102 Å². The lowest BCUT2D eigenvalue weighted by atomic mass is 10.1. The van der Waals surface area contributed by atoms with Gasteiger partial charge in [-0.05, 0) is 30.3 Å². The number of nitrogens with zero attached hydrogens (tertiary/aromatic N) is 4. The fourth-order valence-corrected chi connectivity index (χ4v) is 2.38. The highest BCUT2D eigenvalue weighted by molar-refractivity contribution is 5.93. The van der Waals surface area contributed by atoms with Gasteiger partial charge in [0.25, 0.3) is 5.91 Å². The van der Waals surface area contributed by atoms with E-state index >= 15 is 0 Å². The lowest BCUT2D eigenvalue weighted by molar-refractivity contribution is 0.0944. The van der Waals surface area contributed by atoms with Gasteiger partial charge in [0, 0.05) is 31.4 Å². The first-order valence-electron chi connectivity index (χ1n) is 8.21. The molecule has 8 nitrogen and oxygen atoms in total. The number of hydrogen-bond acceptors (Lipinski definition) is 6. The summed E-state index contributed by atoms with van der Waals surface area (Å²) in [7, 11) is 1.74. The third kappa shape index (κ3) is 4.45. The van der Waals surface area contributed by atoms with Crippen LogP contribution in [0, 0.1) is 5.82 Å². The summed E-state index contributed by atoms with van der Waals surface area (Å²) in [6.07, 6.45) is 1.39. The zero-order valence-electron chi connectivity index (χ0n) is 14.6. The van der Waals surface area contributed by atoms with Crippen molar-refractivity contribution in [3.8, 4) is 17.1 Å². The highest BCUT2D eigenvalue weighted by Crippen LogP contribution is 2.22. The van der Waals surface area contributed by atoms with E-state index in [2.05, 4.69) is 20.6 Å². The molecule has 2 heterocycles. The first-order valence-corrected chi connectivity index (χ1v) is 8.21. The van der Waals surface area contributed by atoms with E-state index < -0.39 is 0 Å². The van der Waals surface area contributed by atoms with Crippen LogP contribution in [0.1, 0.15) is 16.1 Å². The van der Waals surface area contributed by atoms with E-state index in [-0.39, 0.29) is 31.5 Å².